The van der Waals surface area contributed by atoms with Crippen LogP contribution in [-0.4, -0.2) is 52.1 Å². The summed E-state index contributed by atoms with van der Waals surface area (Å²) in [6, 6.07) is 9.40. The summed E-state index contributed by atoms with van der Waals surface area (Å²) < 4.78 is 77.0. The van der Waals surface area contributed by atoms with E-state index in [9.17, 15) is 26.4 Å². The first kappa shape index (κ1) is 23.2. The number of methoxy groups -OCH3 is 1. The lowest BCUT2D eigenvalue weighted by Crippen LogP contribution is -2.30. The van der Waals surface area contributed by atoms with Gasteiger partial charge in [-0.15, -0.1) is 0 Å². The van der Waals surface area contributed by atoms with Crippen LogP contribution in [0.5, 0.6) is 0 Å². The van der Waals surface area contributed by atoms with Gasteiger partial charge in [0.15, 0.2) is 0 Å². The lowest BCUT2D eigenvalue weighted by atomic mass is 9.99. The van der Waals surface area contributed by atoms with Gasteiger partial charge in [0.2, 0.25) is 10.0 Å². The van der Waals surface area contributed by atoms with Gasteiger partial charge in [0, 0.05) is 20.0 Å². The van der Waals surface area contributed by atoms with Crippen LogP contribution in [-0.2, 0) is 36.9 Å². The number of aryl methyl sites for hydroxylation is 1. The van der Waals surface area contributed by atoms with E-state index >= 15 is 0 Å². The molecular formula is C21H22F3NO5S. The van der Waals surface area contributed by atoms with Crippen LogP contribution in [0.3, 0.4) is 0 Å². The topological polar surface area (TPSA) is 76.2 Å². The number of carbonyl (C=O) groups excluding carboxylic acids is 1. The number of carbonyl (C=O) groups is 1. The normalized spacial score (nSPS) is 16.4. The number of alkyl halides is 3. The molecule has 1 aliphatic heterocycles. The van der Waals surface area contributed by atoms with Crippen molar-refractivity contribution in [1.29, 1.82) is 0 Å². The molecule has 0 N–H and O–H groups in total. The molecule has 0 aliphatic carbocycles. The van der Waals surface area contributed by atoms with Crippen molar-refractivity contribution in [3.8, 4) is 11.1 Å². The SMILES string of the molecule is COC(=O)CCc1cccc(-c2cc(C(F)(F)F)cc(S(=O)(=O)N(C)C[C@H]3CO3)c2)c1. The van der Waals surface area contributed by atoms with E-state index in [0.29, 0.717) is 30.2 Å². The van der Waals surface area contributed by atoms with E-state index in [1.165, 1.54) is 20.2 Å². The molecule has 2 aromatic rings. The molecule has 1 fully saturated rings. The Labute approximate surface area is 178 Å². The smallest absolute Gasteiger partial charge is 0.416 e. The average Bonchev–Trinajstić information content (AvgIpc) is 3.55. The van der Waals surface area contributed by atoms with Crippen LogP contribution in [0.1, 0.15) is 17.5 Å². The number of hydrogen-bond donors (Lipinski definition) is 0. The number of epoxide rings is 1. The van der Waals surface area contributed by atoms with Gasteiger partial charge in [-0.2, -0.15) is 17.5 Å². The first-order chi connectivity index (χ1) is 14.5. The first-order valence-corrected chi connectivity index (χ1v) is 10.9. The van der Waals surface area contributed by atoms with E-state index < -0.39 is 32.6 Å². The van der Waals surface area contributed by atoms with Crippen molar-refractivity contribution >= 4 is 16.0 Å². The highest BCUT2D eigenvalue weighted by Gasteiger charge is 2.35. The van der Waals surface area contributed by atoms with Crippen LogP contribution in [0.15, 0.2) is 47.4 Å². The second-order valence-corrected chi connectivity index (χ2v) is 9.31. The minimum Gasteiger partial charge on any atom is -0.469 e. The predicted molar refractivity (Wildman–Crippen MR) is 107 cm³/mol. The molecule has 0 saturated carbocycles. The Kier molecular flexibility index (Phi) is 6.73. The Morgan fingerprint density at radius 3 is 2.52 bits per heavy atom. The molecule has 3 rings (SSSR count). The zero-order valence-corrected chi connectivity index (χ0v) is 17.8. The van der Waals surface area contributed by atoms with Gasteiger partial charge < -0.3 is 9.47 Å². The van der Waals surface area contributed by atoms with E-state index in [1.807, 2.05) is 0 Å². The molecule has 1 heterocycles. The second kappa shape index (κ2) is 8.97. The number of likely N-dealkylation sites (N-methyl/N-ethyl adjacent to an activating group) is 1. The Balaban J connectivity index is 2.00. The number of sulfonamides is 1. The number of esters is 1. The third-order valence-electron chi connectivity index (χ3n) is 4.91. The fourth-order valence-electron chi connectivity index (χ4n) is 3.07. The molecule has 31 heavy (non-hydrogen) atoms. The van der Waals surface area contributed by atoms with Gasteiger partial charge in [-0.25, -0.2) is 8.42 Å². The third-order valence-corrected chi connectivity index (χ3v) is 6.71. The second-order valence-electron chi connectivity index (χ2n) is 7.26. The Bertz CT molecular complexity index is 1060. The van der Waals surface area contributed by atoms with Crippen LogP contribution in [0.2, 0.25) is 0 Å². The van der Waals surface area contributed by atoms with Crippen LogP contribution >= 0.6 is 0 Å². The average molecular weight is 457 g/mol. The van der Waals surface area contributed by atoms with Crippen molar-refractivity contribution in [2.75, 3.05) is 27.3 Å². The molecule has 1 aliphatic rings. The molecule has 0 unspecified atom stereocenters. The minimum absolute atomic E-state index is 0.0664. The van der Waals surface area contributed by atoms with Gasteiger partial charge in [-0.05, 0) is 41.3 Å². The molecule has 10 heteroatoms. The van der Waals surface area contributed by atoms with Gasteiger partial charge in [0.25, 0.3) is 0 Å². The number of hydrogen-bond acceptors (Lipinski definition) is 5. The van der Waals surface area contributed by atoms with Crippen molar-refractivity contribution in [2.24, 2.45) is 0 Å². The lowest BCUT2D eigenvalue weighted by Gasteiger charge is -2.18. The summed E-state index contributed by atoms with van der Waals surface area (Å²) >= 11 is 0. The molecule has 2 aromatic carbocycles. The summed E-state index contributed by atoms with van der Waals surface area (Å²) in [5.74, 6) is -0.402. The monoisotopic (exact) mass is 457 g/mol. The van der Waals surface area contributed by atoms with Crippen LogP contribution in [0, 0.1) is 0 Å². The number of halogens is 3. The maximum atomic E-state index is 13.5. The molecule has 0 aromatic heterocycles. The number of rotatable bonds is 8. The molecule has 0 bridgehead atoms. The maximum Gasteiger partial charge on any atom is 0.416 e. The van der Waals surface area contributed by atoms with Gasteiger partial charge in [-0.1, -0.05) is 24.3 Å². The largest absolute Gasteiger partial charge is 0.469 e. The fourth-order valence-corrected chi connectivity index (χ4v) is 4.35. The van der Waals surface area contributed by atoms with Crippen molar-refractivity contribution in [1.82, 2.24) is 4.31 Å². The highest BCUT2D eigenvalue weighted by atomic mass is 32.2. The van der Waals surface area contributed by atoms with Crippen LogP contribution < -0.4 is 0 Å². The summed E-state index contributed by atoms with van der Waals surface area (Å²) in [5.41, 5.74) is 0.190. The minimum atomic E-state index is -4.72. The molecule has 0 spiro atoms. The lowest BCUT2D eigenvalue weighted by molar-refractivity contribution is -0.140. The molecule has 1 atom stereocenters. The molecule has 0 amide bonds. The quantitative estimate of drug-likeness (QED) is 0.448. The van der Waals surface area contributed by atoms with E-state index in [2.05, 4.69) is 4.74 Å². The van der Waals surface area contributed by atoms with E-state index in [1.54, 1.807) is 24.3 Å². The van der Waals surface area contributed by atoms with Crippen molar-refractivity contribution in [3.63, 3.8) is 0 Å². The van der Waals surface area contributed by atoms with Gasteiger partial charge in [0.1, 0.15) is 0 Å². The molecular weight excluding hydrogens is 435 g/mol. The van der Waals surface area contributed by atoms with Crippen LogP contribution in [0.25, 0.3) is 11.1 Å². The Morgan fingerprint density at radius 1 is 1.19 bits per heavy atom. The first-order valence-electron chi connectivity index (χ1n) is 9.47. The summed E-state index contributed by atoms with van der Waals surface area (Å²) in [6.07, 6.45) is -4.50. The highest BCUT2D eigenvalue weighted by Crippen LogP contribution is 2.35. The Hall–Kier alpha value is -2.43. The number of ether oxygens (including phenoxy) is 2. The zero-order valence-electron chi connectivity index (χ0n) is 17.0. The third kappa shape index (κ3) is 5.84. The fraction of sp³-hybridized carbons (Fsp3) is 0.381. The number of nitrogens with zero attached hydrogens (tertiary/aromatic N) is 1. The van der Waals surface area contributed by atoms with E-state index in [-0.39, 0.29) is 24.6 Å². The van der Waals surface area contributed by atoms with E-state index in [4.69, 9.17) is 4.74 Å². The summed E-state index contributed by atoms with van der Waals surface area (Å²) in [5, 5.41) is 0. The van der Waals surface area contributed by atoms with Crippen molar-refractivity contribution < 1.29 is 35.9 Å². The van der Waals surface area contributed by atoms with Crippen molar-refractivity contribution in [3.05, 3.63) is 53.6 Å². The predicted octanol–water partition coefficient (Wildman–Crippen LogP) is 3.50. The van der Waals surface area contributed by atoms with E-state index in [0.717, 1.165) is 10.4 Å². The Morgan fingerprint density at radius 2 is 1.90 bits per heavy atom. The van der Waals surface area contributed by atoms with Crippen LogP contribution in [0.4, 0.5) is 13.2 Å². The van der Waals surface area contributed by atoms with Gasteiger partial charge in [-0.3, -0.25) is 4.79 Å². The molecule has 1 saturated heterocycles. The zero-order chi connectivity index (χ0) is 22.8. The summed E-state index contributed by atoms with van der Waals surface area (Å²) in [6.45, 7) is 0.489. The molecule has 168 valence electrons. The molecule has 6 nitrogen and oxygen atoms in total. The van der Waals surface area contributed by atoms with Gasteiger partial charge in [0.05, 0.1) is 30.3 Å². The summed E-state index contributed by atoms with van der Waals surface area (Å²) in [4.78, 5) is 10.9. The van der Waals surface area contributed by atoms with Crippen molar-refractivity contribution in [2.45, 2.75) is 30.0 Å². The molecule has 0 radical (unpaired) electrons. The highest BCUT2D eigenvalue weighted by molar-refractivity contribution is 7.89. The standard InChI is InChI=1S/C21H22F3NO5S/c1-25(12-18-13-30-18)31(27,28)19-10-16(9-17(11-19)21(22,23)24)15-5-3-4-14(8-15)6-7-20(26)29-2/h3-5,8-11,18H,6-7,12-13H2,1-2H3/t18-/m0/s1. The maximum absolute atomic E-state index is 13.5. The number of benzene rings is 2. The van der Waals surface area contributed by atoms with Gasteiger partial charge >= 0.3 is 12.1 Å². The summed E-state index contributed by atoms with van der Waals surface area (Å²) in [7, 11) is -1.57.